The van der Waals surface area contributed by atoms with Crippen molar-refractivity contribution in [1.29, 1.82) is 0 Å². The summed E-state index contributed by atoms with van der Waals surface area (Å²) >= 11 is 0. The Hall–Kier alpha value is -1.26. The fourth-order valence-corrected chi connectivity index (χ4v) is 3.60. The molecule has 2 saturated heterocycles. The zero-order chi connectivity index (χ0) is 14.3. The van der Waals surface area contributed by atoms with Crippen molar-refractivity contribution in [2.24, 2.45) is 5.92 Å². The molecule has 0 aromatic heterocycles. The predicted octanol–water partition coefficient (Wildman–Crippen LogP) is 2.43. The minimum Gasteiger partial charge on any atom is -0.390 e. The van der Waals surface area contributed by atoms with Gasteiger partial charge in [0.15, 0.2) is 0 Å². The van der Waals surface area contributed by atoms with E-state index in [0.29, 0.717) is 12.8 Å². The van der Waals surface area contributed by atoms with Crippen LogP contribution in [-0.4, -0.2) is 29.2 Å². The maximum atomic E-state index is 13.1. The highest BCUT2D eigenvalue weighted by atomic mass is 19.1. The highest BCUT2D eigenvalue weighted by Gasteiger charge is 2.50. The summed E-state index contributed by atoms with van der Waals surface area (Å²) in [6, 6.07) is 6.34. The van der Waals surface area contributed by atoms with Crippen molar-refractivity contribution >= 4 is 5.78 Å². The maximum Gasteiger partial charge on any atom is 0.139 e. The molecule has 0 spiro atoms. The molecule has 2 aliphatic rings. The zero-order valence-corrected chi connectivity index (χ0v) is 11.5. The lowest BCUT2D eigenvalue weighted by atomic mass is 9.76. The molecular weight excluding hydrogens is 259 g/mol. The van der Waals surface area contributed by atoms with Gasteiger partial charge in [0.1, 0.15) is 11.6 Å². The van der Waals surface area contributed by atoms with Crippen LogP contribution in [0.3, 0.4) is 0 Å². The van der Waals surface area contributed by atoms with Crippen molar-refractivity contribution in [3.8, 4) is 0 Å². The van der Waals surface area contributed by atoms with Gasteiger partial charge in [0, 0.05) is 12.8 Å². The molecule has 2 bridgehead atoms. The number of halogens is 1. The summed E-state index contributed by atoms with van der Waals surface area (Å²) in [7, 11) is 0. The van der Waals surface area contributed by atoms with E-state index in [0.717, 1.165) is 12.0 Å². The summed E-state index contributed by atoms with van der Waals surface area (Å²) in [6.07, 6.45) is 0.776. The number of aliphatic hydroxyl groups is 1. The Morgan fingerprint density at radius 2 is 2.05 bits per heavy atom. The first-order valence-electron chi connectivity index (χ1n) is 7.22. The molecule has 108 valence electrons. The molecule has 3 rings (SSSR count). The van der Waals surface area contributed by atoms with Gasteiger partial charge in [-0.05, 0) is 30.0 Å². The molecule has 2 aliphatic heterocycles. The SMILES string of the molecule is CCC(=O)[C@@H]1[C@@H]2OC(CC2O)C[C@H]1c1ccc(F)cc1. The normalized spacial score (nSPS) is 36.0. The average molecular weight is 278 g/mol. The molecule has 2 fully saturated rings. The number of rotatable bonds is 3. The molecular formula is C16H19FO3. The second kappa shape index (κ2) is 5.26. The van der Waals surface area contributed by atoms with Crippen LogP contribution in [0.4, 0.5) is 4.39 Å². The second-order valence-corrected chi connectivity index (χ2v) is 5.77. The topological polar surface area (TPSA) is 46.5 Å². The molecule has 1 aromatic carbocycles. The number of fused-ring (bicyclic) bond motifs is 2. The standard InChI is InChI=1S/C16H19FO3/c1-2-13(18)15-12(9-3-5-10(17)6-4-9)7-11-8-14(19)16(15)20-11/h3-6,11-12,14-16,19H,2,7-8H2,1H3/t11?,12-,14?,15+,16+/m0/s1. The second-order valence-electron chi connectivity index (χ2n) is 5.77. The highest BCUT2D eigenvalue weighted by Crippen LogP contribution is 2.46. The summed E-state index contributed by atoms with van der Waals surface area (Å²) in [5, 5.41) is 10.1. The van der Waals surface area contributed by atoms with Crippen LogP contribution < -0.4 is 0 Å². The van der Waals surface area contributed by atoms with Crippen LogP contribution >= 0.6 is 0 Å². The van der Waals surface area contributed by atoms with Crippen LogP contribution in [0.2, 0.25) is 0 Å². The summed E-state index contributed by atoms with van der Waals surface area (Å²) in [6.45, 7) is 1.83. The third-order valence-electron chi connectivity index (χ3n) is 4.56. The molecule has 4 heteroatoms. The van der Waals surface area contributed by atoms with Crippen molar-refractivity contribution in [3.05, 3.63) is 35.6 Å². The number of ether oxygens (including phenoxy) is 1. The first-order chi connectivity index (χ1) is 9.60. The van der Waals surface area contributed by atoms with Gasteiger partial charge in [-0.1, -0.05) is 19.1 Å². The number of carbonyl (C=O) groups excluding carboxylic acids is 1. The van der Waals surface area contributed by atoms with Crippen molar-refractivity contribution in [2.45, 2.75) is 50.4 Å². The Balaban J connectivity index is 1.95. The Morgan fingerprint density at radius 3 is 2.70 bits per heavy atom. The zero-order valence-electron chi connectivity index (χ0n) is 11.5. The van der Waals surface area contributed by atoms with Gasteiger partial charge in [-0.3, -0.25) is 4.79 Å². The fraction of sp³-hybridized carbons (Fsp3) is 0.562. The summed E-state index contributed by atoms with van der Waals surface area (Å²) < 4.78 is 18.8. The highest BCUT2D eigenvalue weighted by molar-refractivity contribution is 5.82. The third kappa shape index (κ3) is 2.27. The van der Waals surface area contributed by atoms with E-state index in [1.807, 2.05) is 6.92 Å². The van der Waals surface area contributed by atoms with Crippen LogP contribution in [0.15, 0.2) is 24.3 Å². The van der Waals surface area contributed by atoms with E-state index in [4.69, 9.17) is 4.74 Å². The summed E-state index contributed by atoms with van der Waals surface area (Å²) in [5.41, 5.74) is 0.964. The Kier molecular flexibility index (Phi) is 3.61. The molecule has 1 N–H and O–H groups in total. The minimum atomic E-state index is -0.564. The molecule has 3 nitrogen and oxygen atoms in total. The minimum absolute atomic E-state index is 0.00552. The van der Waals surface area contributed by atoms with Crippen LogP contribution in [-0.2, 0) is 9.53 Å². The number of benzene rings is 1. The van der Waals surface area contributed by atoms with Crippen molar-refractivity contribution in [2.75, 3.05) is 0 Å². The Labute approximate surface area is 117 Å². The molecule has 0 radical (unpaired) electrons. The van der Waals surface area contributed by atoms with Crippen LogP contribution in [0.5, 0.6) is 0 Å². The van der Waals surface area contributed by atoms with Crippen molar-refractivity contribution in [1.82, 2.24) is 0 Å². The number of Topliss-reactive ketones (excluding diaryl/α,β-unsaturated/α-hetero) is 1. The first kappa shape index (κ1) is 13.7. The lowest BCUT2D eigenvalue weighted by Gasteiger charge is -2.36. The van der Waals surface area contributed by atoms with Gasteiger partial charge in [-0.25, -0.2) is 4.39 Å². The molecule has 0 amide bonds. The number of aliphatic hydroxyl groups excluding tert-OH is 1. The lowest BCUT2D eigenvalue weighted by molar-refractivity contribution is -0.137. The first-order valence-corrected chi connectivity index (χ1v) is 7.22. The predicted molar refractivity (Wildman–Crippen MR) is 71.8 cm³/mol. The lowest BCUT2D eigenvalue weighted by Crippen LogP contribution is -2.42. The number of ketones is 1. The molecule has 1 aromatic rings. The number of hydrogen-bond donors (Lipinski definition) is 1. The molecule has 2 unspecified atom stereocenters. The van der Waals surface area contributed by atoms with E-state index in [9.17, 15) is 14.3 Å². The van der Waals surface area contributed by atoms with E-state index < -0.39 is 12.2 Å². The quantitative estimate of drug-likeness (QED) is 0.923. The Morgan fingerprint density at radius 1 is 1.35 bits per heavy atom. The van der Waals surface area contributed by atoms with E-state index in [-0.39, 0.29) is 29.5 Å². The van der Waals surface area contributed by atoms with E-state index >= 15 is 0 Å². The van der Waals surface area contributed by atoms with Crippen molar-refractivity contribution < 1.29 is 19.0 Å². The summed E-state index contributed by atoms with van der Waals surface area (Å²) in [5.74, 6) is -0.464. The molecule has 20 heavy (non-hydrogen) atoms. The maximum absolute atomic E-state index is 13.1. The van der Waals surface area contributed by atoms with Gasteiger partial charge in [0.2, 0.25) is 0 Å². The monoisotopic (exact) mass is 278 g/mol. The van der Waals surface area contributed by atoms with E-state index in [1.165, 1.54) is 12.1 Å². The van der Waals surface area contributed by atoms with Gasteiger partial charge in [-0.15, -0.1) is 0 Å². The van der Waals surface area contributed by atoms with Gasteiger partial charge in [-0.2, -0.15) is 0 Å². The van der Waals surface area contributed by atoms with Crippen LogP contribution in [0, 0.1) is 11.7 Å². The summed E-state index contributed by atoms with van der Waals surface area (Å²) in [4.78, 5) is 12.3. The van der Waals surface area contributed by atoms with Gasteiger partial charge in [0.25, 0.3) is 0 Å². The Bertz CT molecular complexity index is 499. The number of carbonyl (C=O) groups is 1. The average Bonchev–Trinajstić information content (AvgIpc) is 2.74. The van der Waals surface area contributed by atoms with E-state index in [2.05, 4.69) is 0 Å². The van der Waals surface area contributed by atoms with Gasteiger partial charge in [0.05, 0.1) is 24.2 Å². The molecule has 5 atom stereocenters. The number of hydrogen-bond acceptors (Lipinski definition) is 3. The van der Waals surface area contributed by atoms with E-state index in [1.54, 1.807) is 12.1 Å². The van der Waals surface area contributed by atoms with Crippen molar-refractivity contribution in [3.63, 3.8) is 0 Å². The van der Waals surface area contributed by atoms with Crippen LogP contribution in [0.25, 0.3) is 0 Å². The molecule has 0 saturated carbocycles. The van der Waals surface area contributed by atoms with Gasteiger partial charge >= 0.3 is 0 Å². The molecule has 0 aliphatic carbocycles. The molecule has 2 heterocycles. The van der Waals surface area contributed by atoms with Gasteiger partial charge < -0.3 is 9.84 Å². The fourth-order valence-electron chi connectivity index (χ4n) is 3.60. The smallest absolute Gasteiger partial charge is 0.139 e. The third-order valence-corrected chi connectivity index (χ3v) is 4.56. The van der Waals surface area contributed by atoms with Crippen LogP contribution in [0.1, 0.15) is 37.7 Å². The largest absolute Gasteiger partial charge is 0.390 e.